The molecule has 2 heterocycles. The van der Waals surface area contributed by atoms with Crippen molar-refractivity contribution in [1.82, 2.24) is 4.90 Å². The summed E-state index contributed by atoms with van der Waals surface area (Å²) in [6.45, 7) is 8.86. The maximum atomic E-state index is 12.4. The first-order valence-electron chi connectivity index (χ1n) is 6.41. The molecule has 3 nitrogen and oxygen atoms in total. The van der Waals surface area contributed by atoms with E-state index in [-0.39, 0.29) is 24.0 Å². The number of carbonyl (C=O) groups is 1. The van der Waals surface area contributed by atoms with Crippen molar-refractivity contribution >= 4 is 5.91 Å². The molecule has 0 aromatic heterocycles. The van der Waals surface area contributed by atoms with E-state index in [0.29, 0.717) is 6.61 Å². The van der Waals surface area contributed by atoms with Crippen LogP contribution in [0.25, 0.3) is 0 Å². The molecule has 19 heavy (non-hydrogen) atoms. The molecule has 0 spiro atoms. The quantitative estimate of drug-likeness (QED) is 0.543. The van der Waals surface area contributed by atoms with Gasteiger partial charge in [-0.15, -0.1) is 0 Å². The van der Waals surface area contributed by atoms with Gasteiger partial charge in [0, 0.05) is 18.1 Å². The first-order valence-corrected chi connectivity index (χ1v) is 6.41. The Hall–Kier alpha value is -2.35. The average Bonchev–Trinajstić information content (AvgIpc) is 2.82. The van der Waals surface area contributed by atoms with Gasteiger partial charge in [0.15, 0.2) is 6.23 Å². The topological polar surface area (TPSA) is 29.5 Å². The Labute approximate surface area is 108 Å². The Morgan fingerprint density at radius 2 is 1.95 bits per heavy atom. The van der Waals surface area contributed by atoms with Crippen molar-refractivity contribution in [2.24, 2.45) is 11.8 Å². The molecule has 1 aromatic rings. The average molecular weight is 511 g/mol. The van der Waals surface area contributed by atoms with E-state index in [0.717, 1.165) is 5.56 Å². The standard InChI is InChI=1S/C15H18NO2.Rf/c1-10-11(2)15(3)9-18-14(16(15)13(10)17)12-7-5-4-6-8-12;/h4-8,10-11,14H,3,9H2,1-2H3;/q-1;/t10?,11?,14?,15-;/m0./s1. The maximum Gasteiger partial charge on any atom is 0.226 e. The largest absolute Gasteiger partial charge is 0.354 e. The minimum Gasteiger partial charge on any atom is -0.354 e. The van der Waals surface area contributed by atoms with Crippen LogP contribution in [-0.2, 0) is 9.53 Å². The third-order valence-electron chi connectivity index (χ3n) is 4.51. The number of nitrogens with zero attached hydrogens (tertiary/aromatic N) is 1. The van der Waals surface area contributed by atoms with Crippen molar-refractivity contribution in [1.29, 1.82) is 0 Å². The molecule has 2 aliphatic rings. The second kappa shape index (κ2) is 4.09. The van der Waals surface area contributed by atoms with Gasteiger partial charge >= 0.3 is 0 Å². The first-order chi connectivity index (χ1) is 8.55. The summed E-state index contributed by atoms with van der Waals surface area (Å²) in [4.78, 5) is 14.2. The van der Waals surface area contributed by atoms with Gasteiger partial charge in [-0.1, -0.05) is 49.7 Å². The normalized spacial score (nSPS) is 37.1. The summed E-state index contributed by atoms with van der Waals surface area (Å²) >= 11 is 0. The second-order valence-corrected chi connectivity index (χ2v) is 5.46. The zero-order valence-electron chi connectivity index (χ0n) is 11.5. The van der Waals surface area contributed by atoms with Gasteiger partial charge < -0.3 is 16.6 Å². The van der Waals surface area contributed by atoms with E-state index in [2.05, 4.69) is 13.8 Å². The number of hydrogen-bond acceptors (Lipinski definition) is 2. The summed E-state index contributed by atoms with van der Waals surface area (Å²) in [5.74, 6) is 0.403. The zero-order valence-corrected chi connectivity index (χ0v) is 17.9. The predicted molar refractivity (Wildman–Crippen MR) is 68.4 cm³/mol. The van der Waals surface area contributed by atoms with Crippen molar-refractivity contribution < 1.29 is 9.53 Å². The minimum atomic E-state index is -0.406. The molecular formula is C15H18NO2Rf-. The number of rotatable bonds is 1. The third kappa shape index (κ3) is 1.53. The van der Waals surface area contributed by atoms with Crippen LogP contribution in [0, 0.1) is 18.8 Å². The molecule has 0 aliphatic carbocycles. The summed E-state index contributed by atoms with van der Waals surface area (Å²) in [5, 5.41) is 0. The number of benzene rings is 1. The van der Waals surface area contributed by atoms with E-state index in [1.54, 1.807) is 0 Å². The van der Waals surface area contributed by atoms with Crippen molar-refractivity contribution in [3.05, 3.63) is 42.8 Å². The van der Waals surface area contributed by atoms with E-state index in [1.165, 1.54) is 0 Å². The molecule has 2 saturated heterocycles. The van der Waals surface area contributed by atoms with Crippen LogP contribution in [-0.4, -0.2) is 23.0 Å². The van der Waals surface area contributed by atoms with Gasteiger partial charge in [0.25, 0.3) is 0 Å². The first kappa shape index (κ1) is 13.1. The third-order valence-corrected chi connectivity index (χ3v) is 4.51. The van der Waals surface area contributed by atoms with E-state index >= 15 is 0 Å². The van der Waals surface area contributed by atoms with E-state index in [1.807, 2.05) is 42.2 Å². The van der Waals surface area contributed by atoms with Gasteiger partial charge in [0.2, 0.25) is 5.91 Å². The molecule has 0 radical (unpaired) electrons. The van der Waals surface area contributed by atoms with Crippen LogP contribution in [0.1, 0.15) is 25.6 Å². The number of ether oxygens (including phenoxy) is 1. The molecule has 1 aromatic carbocycles. The van der Waals surface area contributed by atoms with Crippen LogP contribution in [0.3, 0.4) is 0 Å². The van der Waals surface area contributed by atoms with Crippen LogP contribution >= 0.6 is 0 Å². The second-order valence-electron chi connectivity index (χ2n) is 5.46. The predicted octanol–water partition coefficient (Wildman–Crippen LogP) is 2.40. The fraction of sp³-hybridized carbons (Fsp3) is 0.467. The molecule has 3 unspecified atom stereocenters. The Balaban J connectivity index is 0.00000133. The molecule has 0 saturated carbocycles. The van der Waals surface area contributed by atoms with E-state index in [9.17, 15) is 4.79 Å². The SMILES string of the molecule is [CH2-][C@@]12COC(c3ccccc3)N1C(=O)C(C)C2C.[Rf]. The molecule has 2 aliphatic heterocycles. The van der Waals surface area contributed by atoms with Gasteiger partial charge in [-0.2, -0.15) is 0 Å². The molecule has 1 amide bonds. The van der Waals surface area contributed by atoms with Crippen molar-refractivity contribution in [3.8, 4) is 0 Å². The molecular weight excluding hydrogens is 493 g/mol. The summed E-state index contributed by atoms with van der Waals surface area (Å²) in [5.41, 5.74) is 0.620. The molecule has 3 rings (SSSR count). The summed E-state index contributed by atoms with van der Waals surface area (Å²) in [6.07, 6.45) is -0.274. The van der Waals surface area contributed by atoms with Gasteiger partial charge in [0.05, 0.1) is 0 Å². The van der Waals surface area contributed by atoms with Gasteiger partial charge in [-0.25, -0.2) is 0 Å². The molecule has 4 heteroatoms. The number of amides is 1. The van der Waals surface area contributed by atoms with Crippen molar-refractivity contribution in [2.75, 3.05) is 6.61 Å². The smallest absolute Gasteiger partial charge is 0.226 e. The molecule has 0 bridgehead atoms. The number of fused-ring (bicyclic) bond motifs is 1. The minimum absolute atomic E-state index is 0. The molecule has 2 fully saturated rings. The van der Waals surface area contributed by atoms with Crippen LogP contribution in [0.15, 0.2) is 30.3 Å². The summed E-state index contributed by atoms with van der Waals surface area (Å²) in [6, 6.07) is 9.89. The Morgan fingerprint density at radius 3 is 2.58 bits per heavy atom. The van der Waals surface area contributed by atoms with Crippen LogP contribution in [0.5, 0.6) is 0 Å². The summed E-state index contributed by atoms with van der Waals surface area (Å²) in [7, 11) is 0. The van der Waals surface area contributed by atoms with Gasteiger partial charge in [0.1, 0.15) is 0 Å². The monoisotopic (exact) mass is 511 g/mol. The van der Waals surface area contributed by atoms with Gasteiger partial charge in [-0.3, -0.25) is 4.79 Å². The zero-order chi connectivity index (χ0) is 12.9. The van der Waals surface area contributed by atoms with Crippen LogP contribution in [0.2, 0.25) is 0 Å². The Morgan fingerprint density at radius 1 is 1.32 bits per heavy atom. The Bertz CT molecular complexity index is 478. The number of hydrogen-bond donors (Lipinski definition) is 0. The maximum absolute atomic E-state index is 12.4. The van der Waals surface area contributed by atoms with Gasteiger partial charge in [-0.05, 0) is 5.92 Å². The van der Waals surface area contributed by atoms with E-state index in [4.69, 9.17) is 4.74 Å². The van der Waals surface area contributed by atoms with E-state index < -0.39 is 5.54 Å². The Kier molecular flexibility index (Phi) is 2.82. The summed E-state index contributed by atoms with van der Waals surface area (Å²) < 4.78 is 5.84. The number of carbonyl (C=O) groups excluding carboxylic acids is 1. The fourth-order valence-electron chi connectivity index (χ4n) is 3.05. The molecule has 98 valence electrons. The molecule has 0 N–H and O–H groups in total. The fourth-order valence-corrected chi connectivity index (χ4v) is 3.05. The van der Waals surface area contributed by atoms with Crippen molar-refractivity contribution in [2.45, 2.75) is 25.6 Å². The molecule has 4 atom stereocenters. The van der Waals surface area contributed by atoms with Crippen LogP contribution in [0.4, 0.5) is 0 Å². The van der Waals surface area contributed by atoms with Crippen LogP contribution < -0.4 is 0 Å². The van der Waals surface area contributed by atoms with Crippen molar-refractivity contribution in [3.63, 3.8) is 0 Å².